The van der Waals surface area contributed by atoms with Gasteiger partial charge in [0.1, 0.15) is 5.75 Å². The van der Waals surface area contributed by atoms with Gasteiger partial charge < -0.3 is 15.6 Å². The van der Waals surface area contributed by atoms with Crippen molar-refractivity contribution in [1.29, 1.82) is 0 Å². The van der Waals surface area contributed by atoms with E-state index in [9.17, 15) is 4.79 Å². The van der Waals surface area contributed by atoms with E-state index in [1.54, 1.807) is 6.07 Å². The summed E-state index contributed by atoms with van der Waals surface area (Å²) >= 11 is 0. The van der Waals surface area contributed by atoms with Gasteiger partial charge in [-0.15, -0.1) is 0 Å². The summed E-state index contributed by atoms with van der Waals surface area (Å²) in [7, 11) is 0. The van der Waals surface area contributed by atoms with Gasteiger partial charge in [-0.2, -0.15) is 0 Å². The standard InChI is InChI=1S/C12H17NO3/c1-2-9-5-3-4-6-10(9)16-11(7-8-13)12(14)15/h3-6,11H,2,7-8,13H2,1H3,(H,14,15). The fourth-order valence-corrected chi connectivity index (χ4v) is 1.45. The number of aliphatic carboxylic acids is 1. The van der Waals surface area contributed by atoms with Crippen molar-refractivity contribution in [2.45, 2.75) is 25.9 Å². The first-order valence-electron chi connectivity index (χ1n) is 5.36. The van der Waals surface area contributed by atoms with E-state index < -0.39 is 12.1 Å². The molecule has 3 N–H and O–H groups in total. The number of carbonyl (C=O) groups is 1. The molecule has 0 aliphatic heterocycles. The van der Waals surface area contributed by atoms with Gasteiger partial charge in [-0.25, -0.2) is 4.79 Å². The molecule has 0 saturated carbocycles. The van der Waals surface area contributed by atoms with Crippen LogP contribution >= 0.6 is 0 Å². The number of carboxylic acids is 1. The second kappa shape index (κ2) is 6.12. The van der Waals surface area contributed by atoms with Crippen LogP contribution in [-0.4, -0.2) is 23.7 Å². The van der Waals surface area contributed by atoms with Crippen LogP contribution in [0.2, 0.25) is 0 Å². The minimum Gasteiger partial charge on any atom is -0.479 e. The van der Waals surface area contributed by atoms with E-state index in [2.05, 4.69) is 0 Å². The van der Waals surface area contributed by atoms with Crippen LogP contribution in [0.1, 0.15) is 18.9 Å². The minimum absolute atomic E-state index is 0.297. The van der Waals surface area contributed by atoms with Crippen molar-refractivity contribution in [1.82, 2.24) is 0 Å². The van der Waals surface area contributed by atoms with Gasteiger partial charge in [0, 0.05) is 6.42 Å². The molecule has 0 fully saturated rings. The Kier molecular flexibility index (Phi) is 4.79. The Balaban J connectivity index is 2.80. The lowest BCUT2D eigenvalue weighted by Crippen LogP contribution is -2.29. The molecule has 0 amide bonds. The van der Waals surface area contributed by atoms with E-state index >= 15 is 0 Å². The predicted octanol–water partition coefficient (Wildman–Crippen LogP) is 1.43. The molecule has 1 aromatic carbocycles. The average molecular weight is 223 g/mol. The number of ether oxygens (including phenoxy) is 1. The normalized spacial score (nSPS) is 12.1. The van der Waals surface area contributed by atoms with Gasteiger partial charge in [0.05, 0.1) is 0 Å². The van der Waals surface area contributed by atoms with Crippen molar-refractivity contribution in [3.63, 3.8) is 0 Å². The van der Waals surface area contributed by atoms with E-state index in [0.29, 0.717) is 18.7 Å². The molecule has 0 aliphatic carbocycles. The van der Waals surface area contributed by atoms with Crippen molar-refractivity contribution in [2.24, 2.45) is 5.73 Å². The zero-order valence-corrected chi connectivity index (χ0v) is 9.35. The quantitative estimate of drug-likeness (QED) is 0.765. The van der Waals surface area contributed by atoms with Crippen molar-refractivity contribution in [3.05, 3.63) is 29.8 Å². The first kappa shape index (κ1) is 12.5. The van der Waals surface area contributed by atoms with Crippen LogP contribution < -0.4 is 10.5 Å². The summed E-state index contributed by atoms with van der Waals surface area (Å²) in [5.41, 5.74) is 6.35. The third-order valence-corrected chi connectivity index (χ3v) is 2.33. The molecule has 1 atom stereocenters. The van der Waals surface area contributed by atoms with E-state index in [4.69, 9.17) is 15.6 Å². The second-order valence-electron chi connectivity index (χ2n) is 3.48. The van der Waals surface area contributed by atoms with Gasteiger partial charge >= 0.3 is 5.97 Å². The Morgan fingerprint density at radius 3 is 2.75 bits per heavy atom. The summed E-state index contributed by atoms with van der Waals surface area (Å²) in [5, 5.41) is 8.95. The summed E-state index contributed by atoms with van der Waals surface area (Å²) < 4.78 is 5.46. The van der Waals surface area contributed by atoms with Crippen LogP contribution in [0.4, 0.5) is 0 Å². The van der Waals surface area contributed by atoms with Crippen LogP contribution in [0.3, 0.4) is 0 Å². The van der Waals surface area contributed by atoms with Gasteiger partial charge in [0.25, 0.3) is 0 Å². The lowest BCUT2D eigenvalue weighted by atomic mass is 10.1. The number of hydrogen-bond acceptors (Lipinski definition) is 3. The maximum Gasteiger partial charge on any atom is 0.344 e. The lowest BCUT2D eigenvalue weighted by molar-refractivity contribution is -0.145. The minimum atomic E-state index is -0.976. The zero-order valence-electron chi connectivity index (χ0n) is 9.35. The number of rotatable bonds is 6. The second-order valence-corrected chi connectivity index (χ2v) is 3.48. The Hall–Kier alpha value is -1.55. The molecule has 88 valence electrons. The number of benzene rings is 1. The predicted molar refractivity (Wildman–Crippen MR) is 61.5 cm³/mol. The number of aryl methyl sites for hydroxylation is 1. The molecule has 0 aliphatic rings. The fraction of sp³-hybridized carbons (Fsp3) is 0.417. The van der Waals surface area contributed by atoms with Crippen LogP contribution in [0, 0.1) is 0 Å². The SMILES string of the molecule is CCc1ccccc1OC(CCN)C(=O)O. The summed E-state index contributed by atoms with van der Waals surface area (Å²) in [6.07, 6.45) is 0.260. The van der Waals surface area contributed by atoms with E-state index in [-0.39, 0.29) is 0 Å². The van der Waals surface area contributed by atoms with Gasteiger partial charge in [0.15, 0.2) is 6.10 Å². The number of para-hydroxylation sites is 1. The molecule has 0 spiro atoms. The van der Waals surface area contributed by atoms with Crippen LogP contribution in [0.25, 0.3) is 0 Å². The molecule has 0 bridgehead atoms. The van der Waals surface area contributed by atoms with Crippen LogP contribution in [0.15, 0.2) is 24.3 Å². The maximum atomic E-state index is 10.9. The molecular formula is C12H17NO3. The highest BCUT2D eigenvalue weighted by Crippen LogP contribution is 2.20. The third kappa shape index (κ3) is 3.24. The summed E-state index contributed by atoms with van der Waals surface area (Å²) in [4.78, 5) is 10.9. The van der Waals surface area contributed by atoms with Gasteiger partial charge in [-0.3, -0.25) is 0 Å². The fourth-order valence-electron chi connectivity index (χ4n) is 1.45. The highest BCUT2D eigenvalue weighted by Gasteiger charge is 2.19. The molecule has 0 radical (unpaired) electrons. The summed E-state index contributed by atoms with van der Waals surface area (Å²) in [5.74, 6) is -0.345. The van der Waals surface area contributed by atoms with Crippen molar-refractivity contribution in [3.8, 4) is 5.75 Å². The Bertz CT molecular complexity index is 352. The number of hydrogen-bond donors (Lipinski definition) is 2. The first-order chi connectivity index (χ1) is 7.69. The first-order valence-corrected chi connectivity index (χ1v) is 5.36. The van der Waals surface area contributed by atoms with E-state index in [0.717, 1.165) is 12.0 Å². The number of nitrogens with two attached hydrogens (primary N) is 1. The Morgan fingerprint density at radius 2 is 2.19 bits per heavy atom. The third-order valence-electron chi connectivity index (χ3n) is 2.33. The molecule has 4 nitrogen and oxygen atoms in total. The highest BCUT2D eigenvalue weighted by atomic mass is 16.5. The zero-order chi connectivity index (χ0) is 12.0. The molecule has 0 aromatic heterocycles. The van der Waals surface area contributed by atoms with E-state index in [1.165, 1.54) is 0 Å². The topological polar surface area (TPSA) is 72.5 Å². The van der Waals surface area contributed by atoms with Crippen molar-refractivity contribution >= 4 is 5.97 Å². The smallest absolute Gasteiger partial charge is 0.344 e. The van der Waals surface area contributed by atoms with Gasteiger partial charge in [-0.05, 0) is 24.6 Å². The molecule has 1 unspecified atom stereocenters. The van der Waals surface area contributed by atoms with E-state index in [1.807, 2.05) is 25.1 Å². The maximum absolute atomic E-state index is 10.9. The highest BCUT2D eigenvalue weighted by molar-refractivity contribution is 5.72. The monoisotopic (exact) mass is 223 g/mol. The van der Waals surface area contributed by atoms with Crippen LogP contribution in [-0.2, 0) is 11.2 Å². The number of carboxylic acid groups (broad SMARTS) is 1. The summed E-state index contributed by atoms with van der Waals surface area (Å²) in [6, 6.07) is 7.45. The summed E-state index contributed by atoms with van der Waals surface area (Å²) in [6.45, 7) is 2.30. The molecule has 4 heteroatoms. The van der Waals surface area contributed by atoms with Gasteiger partial charge in [0.2, 0.25) is 0 Å². The molecule has 0 heterocycles. The van der Waals surface area contributed by atoms with Crippen molar-refractivity contribution in [2.75, 3.05) is 6.54 Å². The molecular weight excluding hydrogens is 206 g/mol. The van der Waals surface area contributed by atoms with Gasteiger partial charge in [-0.1, -0.05) is 25.1 Å². The molecule has 1 aromatic rings. The Morgan fingerprint density at radius 1 is 1.50 bits per heavy atom. The van der Waals surface area contributed by atoms with Crippen LogP contribution in [0.5, 0.6) is 5.75 Å². The lowest BCUT2D eigenvalue weighted by Gasteiger charge is -2.16. The van der Waals surface area contributed by atoms with Crippen molar-refractivity contribution < 1.29 is 14.6 Å². The molecule has 1 rings (SSSR count). The largest absolute Gasteiger partial charge is 0.479 e. The average Bonchev–Trinajstić information content (AvgIpc) is 2.29. The molecule has 0 saturated heterocycles. The Labute approximate surface area is 95.0 Å². The molecule has 16 heavy (non-hydrogen) atoms.